The number of pyridine rings is 1. The van der Waals surface area contributed by atoms with Crippen LogP contribution in [0.3, 0.4) is 0 Å². The van der Waals surface area contributed by atoms with Crippen molar-refractivity contribution in [2.45, 2.75) is 6.92 Å². The van der Waals surface area contributed by atoms with Crippen molar-refractivity contribution in [2.24, 2.45) is 0 Å². The van der Waals surface area contributed by atoms with E-state index < -0.39 is 0 Å². The van der Waals surface area contributed by atoms with Crippen molar-refractivity contribution in [1.29, 1.82) is 5.26 Å². The van der Waals surface area contributed by atoms with Crippen LogP contribution in [-0.4, -0.2) is 47.0 Å². The van der Waals surface area contributed by atoms with Crippen LogP contribution in [0, 0.1) is 18.3 Å². The Kier molecular flexibility index (Phi) is 4.88. The van der Waals surface area contributed by atoms with Gasteiger partial charge in [0.1, 0.15) is 21.8 Å². The number of aryl methyl sites for hydroxylation is 1. The SMILES string of the molecule is Cc1nc(-c2cccs2)sc1C(=O)N1CCN(c2ncccc2C#N)CC1. The lowest BCUT2D eigenvalue weighted by atomic mass is 10.2. The summed E-state index contributed by atoms with van der Waals surface area (Å²) in [5.74, 6) is 0.732. The maximum atomic E-state index is 13.0. The van der Waals surface area contributed by atoms with Crippen LogP contribution in [0.4, 0.5) is 5.82 Å². The van der Waals surface area contributed by atoms with Crippen molar-refractivity contribution in [2.75, 3.05) is 31.1 Å². The van der Waals surface area contributed by atoms with Gasteiger partial charge in [-0.05, 0) is 30.5 Å². The number of rotatable bonds is 3. The summed E-state index contributed by atoms with van der Waals surface area (Å²) in [5, 5.41) is 12.2. The molecule has 3 aromatic rings. The first kappa shape index (κ1) is 17.6. The van der Waals surface area contributed by atoms with Gasteiger partial charge in [-0.2, -0.15) is 5.26 Å². The molecule has 1 amide bonds. The molecule has 0 N–H and O–H groups in total. The third-order valence-electron chi connectivity index (χ3n) is 4.50. The number of nitrogens with zero attached hydrogens (tertiary/aromatic N) is 5. The summed E-state index contributed by atoms with van der Waals surface area (Å²) in [6.45, 7) is 4.42. The molecule has 27 heavy (non-hydrogen) atoms. The quantitative estimate of drug-likeness (QED) is 0.679. The van der Waals surface area contributed by atoms with Crippen LogP contribution < -0.4 is 4.90 Å². The van der Waals surface area contributed by atoms with Crippen molar-refractivity contribution < 1.29 is 4.79 Å². The molecule has 0 bridgehead atoms. The van der Waals surface area contributed by atoms with Gasteiger partial charge < -0.3 is 9.80 Å². The van der Waals surface area contributed by atoms with Crippen LogP contribution in [0.5, 0.6) is 0 Å². The fourth-order valence-corrected chi connectivity index (χ4v) is 4.93. The fraction of sp³-hybridized carbons (Fsp3) is 0.263. The fourth-order valence-electron chi connectivity index (χ4n) is 3.10. The van der Waals surface area contributed by atoms with Gasteiger partial charge in [-0.3, -0.25) is 4.79 Å². The minimum Gasteiger partial charge on any atom is -0.352 e. The van der Waals surface area contributed by atoms with Gasteiger partial charge in [-0.1, -0.05) is 6.07 Å². The summed E-state index contributed by atoms with van der Waals surface area (Å²) >= 11 is 3.09. The topological polar surface area (TPSA) is 73.1 Å². The molecule has 8 heteroatoms. The Hall–Kier alpha value is -2.76. The molecule has 0 aromatic carbocycles. The molecule has 1 saturated heterocycles. The first-order valence-corrected chi connectivity index (χ1v) is 10.3. The van der Waals surface area contributed by atoms with Crippen LogP contribution in [0.2, 0.25) is 0 Å². The highest BCUT2D eigenvalue weighted by Crippen LogP contribution is 2.32. The zero-order valence-corrected chi connectivity index (χ0v) is 16.4. The van der Waals surface area contributed by atoms with Crippen molar-refractivity contribution in [1.82, 2.24) is 14.9 Å². The normalized spacial score (nSPS) is 14.2. The highest BCUT2D eigenvalue weighted by atomic mass is 32.1. The number of amides is 1. The van der Waals surface area contributed by atoms with E-state index in [1.165, 1.54) is 11.3 Å². The van der Waals surface area contributed by atoms with E-state index in [1.807, 2.05) is 29.3 Å². The van der Waals surface area contributed by atoms with Gasteiger partial charge in [0, 0.05) is 32.4 Å². The van der Waals surface area contributed by atoms with Gasteiger partial charge in [0.15, 0.2) is 0 Å². The average Bonchev–Trinajstić information content (AvgIpc) is 3.37. The molecule has 0 unspecified atom stereocenters. The summed E-state index contributed by atoms with van der Waals surface area (Å²) in [6.07, 6.45) is 1.69. The van der Waals surface area contributed by atoms with Gasteiger partial charge in [-0.15, -0.1) is 22.7 Å². The highest BCUT2D eigenvalue weighted by molar-refractivity contribution is 7.22. The van der Waals surface area contributed by atoms with Crippen LogP contribution in [0.15, 0.2) is 35.8 Å². The second-order valence-corrected chi connectivity index (χ2v) is 8.12. The highest BCUT2D eigenvalue weighted by Gasteiger charge is 2.27. The van der Waals surface area contributed by atoms with E-state index in [0.29, 0.717) is 42.4 Å². The second-order valence-electron chi connectivity index (χ2n) is 6.18. The summed E-state index contributed by atoms with van der Waals surface area (Å²) in [6, 6.07) is 9.73. The van der Waals surface area contributed by atoms with Gasteiger partial charge in [0.05, 0.1) is 16.1 Å². The third kappa shape index (κ3) is 3.44. The minimum absolute atomic E-state index is 0.0361. The standard InChI is InChI=1S/C19H17N5OS2/c1-13-16(27-18(22-13)15-5-3-11-26-15)19(25)24-9-7-23(8-10-24)17-14(12-20)4-2-6-21-17/h2-6,11H,7-10H2,1H3. The second kappa shape index (κ2) is 7.47. The first-order valence-electron chi connectivity index (χ1n) is 8.58. The van der Waals surface area contributed by atoms with Gasteiger partial charge in [-0.25, -0.2) is 9.97 Å². The third-order valence-corrected chi connectivity index (χ3v) is 6.68. The lowest BCUT2D eigenvalue weighted by Crippen LogP contribution is -2.49. The monoisotopic (exact) mass is 395 g/mol. The molecule has 0 spiro atoms. The molecule has 4 heterocycles. The smallest absolute Gasteiger partial charge is 0.265 e. The number of carbonyl (C=O) groups excluding carboxylic acids is 1. The Morgan fingerprint density at radius 3 is 2.74 bits per heavy atom. The van der Waals surface area contributed by atoms with Crippen LogP contribution in [0.1, 0.15) is 20.9 Å². The molecule has 4 rings (SSSR count). The number of carbonyl (C=O) groups is 1. The summed E-state index contributed by atoms with van der Waals surface area (Å²) < 4.78 is 0. The van der Waals surface area contributed by atoms with Crippen molar-refractivity contribution in [3.8, 4) is 16.0 Å². The van der Waals surface area contributed by atoms with E-state index in [4.69, 9.17) is 0 Å². The summed E-state index contributed by atoms with van der Waals surface area (Å²) in [4.78, 5) is 27.6. The number of thiazole rings is 1. The van der Waals surface area contributed by atoms with E-state index in [-0.39, 0.29) is 5.91 Å². The van der Waals surface area contributed by atoms with Crippen molar-refractivity contribution >= 4 is 34.4 Å². The largest absolute Gasteiger partial charge is 0.352 e. The number of anilines is 1. The van der Waals surface area contributed by atoms with Crippen LogP contribution >= 0.6 is 22.7 Å². The number of piperazine rings is 1. The van der Waals surface area contributed by atoms with Crippen molar-refractivity contribution in [3.05, 3.63) is 52.0 Å². The Bertz CT molecular complexity index is 998. The Morgan fingerprint density at radius 2 is 2.04 bits per heavy atom. The van der Waals surface area contributed by atoms with Gasteiger partial charge >= 0.3 is 0 Å². The van der Waals surface area contributed by atoms with Crippen molar-refractivity contribution in [3.63, 3.8) is 0 Å². The molecule has 1 aliphatic rings. The number of hydrogen-bond donors (Lipinski definition) is 0. The predicted octanol–water partition coefficient (Wildman–Crippen LogP) is 3.41. The maximum absolute atomic E-state index is 13.0. The molecular formula is C19H17N5OS2. The molecule has 0 radical (unpaired) electrons. The zero-order valence-electron chi connectivity index (χ0n) is 14.8. The molecule has 0 aliphatic carbocycles. The Labute approximate surface area is 165 Å². The molecule has 3 aromatic heterocycles. The van der Waals surface area contributed by atoms with E-state index in [2.05, 4.69) is 20.9 Å². The van der Waals surface area contributed by atoms with Gasteiger partial charge in [0.2, 0.25) is 0 Å². The molecule has 0 saturated carbocycles. The molecule has 0 atom stereocenters. The maximum Gasteiger partial charge on any atom is 0.265 e. The Morgan fingerprint density at radius 1 is 1.22 bits per heavy atom. The van der Waals surface area contributed by atoms with Crippen LogP contribution in [-0.2, 0) is 0 Å². The van der Waals surface area contributed by atoms with Gasteiger partial charge in [0.25, 0.3) is 5.91 Å². The molecule has 6 nitrogen and oxygen atoms in total. The first-order chi connectivity index (χ1) is 13.2. The van der Waals surface area contributed by atoms with E-state index in [0.717, 1.165) is 15.6 Å². The number of nitriles is 1. The Balaban J connectivity index is 1.47. The summed E-state index contributed by atoms with van der Waals surface area (Å²) in [5.41, 5.74) is 1.35. The average molecular weight is 396 g/mol. The van der Waals surface area contributed by atoms with E-state index in [1.54, 1.807) is 29.7 Å². The number of hydrogen-bond acceptors (Lipinski definition) is 7. The number of aromatic nitrogens is 2. The lowest BCUT2D eigenvalue weighted by Gasteiger charge is -2.35. The minimum atomic E-state index is 0.0361. The zero-order chi connectivity index (χ0) is 18.8. The molecule has 1 fully saturated rings. The van der Waals surface area contributed by atoms with E-state index >= 15 is 0 Å². The van der Waals surface area contributed by atoms with E-state index in [9.17, 15) is 10.1 Å². The molecular weight excluding hydrogens is 378 g/mol. The van der Waals surface area contributed by atoms with Crippen LogP contribution in [0.25, 0.3) is 9.88 Å². The summed E-state index contributed by atoms with van der Waals surface area (Å²) in [7, 11) is 0. The lowest BCUT2D eigenvalue weighted by molar-refractivity contribution is 0.0750. The molecule has 1 aliphatic heterocycles. The molecule has 136 valence electrons. The number of thiophene rings is 1. The predicted molar refractivity (Wildman–Crippen MR) is 107 cm³/mol.